The molecule has 2 fully saturated rings. The third-order valence-electron chi connectivity index (χ3n) is 10.5. The van der Waals surface area contributed by atoms with E-state index in [1.54, 1.807) is 51.1 Å². The summed E-state index contributed by atoms with van der Waals surface area (Å²) in [7, 11) is 0. The summed E-state index contributed by atoms with van der Waals surface area (Å²) in [5, 5.41) is 35.5. The van der Waals surface area contributed by atoms with E-state index in [9.17, 15) is 34.5 Å². The topological polar surface area (TPSA) is 201 Å². The number of nitrogens with two attached hydrogens (primary N) is 1. The molecule has 0 aromatic heterocycles. The molecule has 9 atom stereocenters. The maximum atomic E-state index is 13.5. The van der Waals surface area contributed by atoms with Crippen molar-refractivity contribution in [2.24, 2.45) is 5.92 Å². The molecule has 1 aromatic carbocycles. The first-order valence-electron chi connectivity index (χ1n) is 17.9. The number of rotatable bonds is 13. The zero-order valence-corrected chi connectivity index (χ0v) is 31.0. The predicted molar refractivity (Wildman–Crippen MR) is 190 cm³/mol. The Labute approximate surface area is 304 Å². The number of unbranched alkanes of at least 4 members (excludes halogenated alkanes) is 4. The van der Waals surface area contributed by atoms with Gasteiger partial charge in [-0.3, -0.25) is 9.59 Å². The third kappa shape index (κ3) is 8.12. The van der Waals surface area contributed by atoms with Crippen molar-refractivity contribution in [3.05, 3.63) is 58.7 Å². The lowest BCUT2D eigenvalue weighted by molar-refractivity contribution is -0.226. The van der Waals surface area contributed by atoms with Crippen molar-refractivity contribution < 1.29 is 58.2 Å². The Morgan fingerprint density at radius 2 is 1.65 bits per heavy atom. The van der Waals surface area contributed by atoms with Crippen molar-refractivity contribution in [3.63, 3.8) is 0 Å². The molecule has 5 N–H and O–H groups in total. The quantitative estimate of drug-likeness (QED) is 0.0563. The van der Waals surface area contributed by atoms with Gasteiger partial charge < -0.3 is 44.7 Å². The van der Waals surface area contributed by atoms with E-state index in [1.807, 2.05) is 0 Å². The van der Waals surface area contributed by atoms with Crippen LogP contribution in [0.25, 0.3) is 6.08 Å². The highest BCUT2D eigenvalue weighted by molar-refractivity contribution is 5.88. The number of ether oxygens (including phenoxy) is 5. The summed E-state index contributed by atoms with van der Waals surface area (Å²) in [5.41, 5.74) is 0.899. The van der Waals surface area contributed by atoms with Crippen LogP contribution in [0.2, 0.25) is 0 Å². The van der Waals surface area contributed by atoms with E-state index >= 15 is 0 Å². The summed E-state index contributed by atoms with van der Waals surface area (Å²) in [5.74, 6) is -4.11. The number of allylic oxidation sites excluding steroid dienone is 1. The number of aliphatic hydroxyl groups excluding tert-OH is 1. The smallest absolute Gasteiger partial charge is 0.334 e. The highest BCUT2D eigenvalue weighted by Crippen LogP contribution is 2.58. The molecule has 1 heterocycles. The molecule has 4 rings (SSSR count). The molecule has 0 amide bonds. The largest absolute Gasteiger partial charge is 0.459 e. The van der Waals surface area contributed by atoms with Gasteiger partial charge in [0.05, 0.1) is 5.92 Å². The molecule has 1 aliphatic heterocycles. The van der Waals surface area contributed by atoms with E-state index in [0.717, 1.165) is 38.7 Å². The predicted octanol–water partition coefficient (Wildman–Crippen LogP) is 4.22. The van der Waals surface area contributed by atoms with Gasteiger partial charge >= 0.3 is 23.9 Å². The molecule has 2 aliphatic carbocycles. The second-order valence-corrected chi connectivity index (χ2v) is 14.4. The third-order valence-corrected chi connectivity index (χ3v) is 10.5. The van der Waals surface area contributed by atoms with Crippen LogP contribution >= 0.6 is 0 Å². The minimum atomic E-state index is -2.56. The summed E-state index contributed by atoms with van der Waals surface area (Å²) in [6.07, 6.45) is 0.337. The number of hydrogen-bond donors (Lipinski definition) is 4. The normalized spacial score (nSPS) is 32.9. The molecular weight excluding hydrogens is 674 g/mol. The average Bonchev–Trinajstić information content (AvgIpc) is 3.41. The maximum absolute atomic E-state index is 13.5. The number of anilines is 1. The van der Waals surface area contributed by atoms with Crippen LogP contribution in [0.15, 0.2) is 53.1 Å². The molecule has 0 unspecified atom stereocenters. The molecule has 1 aromatic rings. The molecule has 1 saturated heterocycles. The summed E-state index contributed by atoms with van der Waals surface area (Å²) in [6.45, 7) is 10.7. The standard InChI is InChI=1S/C39H53NO12/c1-8-10-11-12-13-14-28(42)49-33-31-30(23(4)32(33)50-35(44)22(3)9-2)34-39(47,38(7,46)36(45)51-34)27(21-37(31,6)52-24(5)41)48-29(43)20-17-25-15-18-26(40)19-16-25/h9,15-20,27,31-34,36,45-47H,8,10-14,21,40H2,1-7H3/b20-17+,22-9-/t27-,31+,32-,33-,34-,36-,37-,38+,39+/m0/s1. The molecule has 0 spiro atoms. The van der Waals surface area contributed by atoms with Gasteiger partial charge in [0.2, 0.25) is 0 Å². The molecule has 286 valence electrons. The van der Waals surface area contributed by atoms with Gasteiger partial charge in [-0.2, -0.15) is 0 Å². The van der Waals surface area contributed by atoms with Gasteiger partial charge in [-0.05, 0) is 76.0 Å². The van der Waals surface area contributed by atoms with Crippen LogP contribution < -0.4 is 5.73 Å². The Kier molecular flexibility index (Phi) is 12.8. The van der Waals surface area contributed by atoms with Crippen molar-refractivity contribution in [1.82, 2.24) is 0 Å². The highest BCUT2D eigenvalue weighted by atomic mass is 16.7. The number of carbonyl (C=O) groups excluding carboxylic acids is 4. The first-order valence-corrected chi connectivity index (χ1v) is 17.9. The van der Waals surface area contributed by atoms with E-state index in [2.05, 4.69) is 6.92 Å². The van der Waals surface area contributed by atoms with Crippen molar-refractivity contribution in [3.8, 4) is 0 Å². The van der Waals surface area contributed by atoms with Crippen LogP contribution in [0.5, 0.6) is 0 Å². The Hall–Kier alpha value is -4.04. The Balaban J connectivity index is 1.84. The Morgan fingerprint density at radius 3 is 2.27 bits per heavy atom. The van der Waals surface area contributed by atoms with Crippen LogP contribution in [-0.4, -0.2) is 86.7 Å². The van der Waals surface area contributed by atoms with Crippen molar-refractivity contribution in [1.29, 1.82) is 0 Å². The number of nitrogen functional groups attached to an aromatic ring is 1. The minimum absolute atomic E-state index is 0.0675. The van der Waals surface area contributed by atoms with E-state index < -0.39 is 83.7 Å². The lowest BCUT2D eigenvalue weighted by Gasteiger charge is -2.43. The van der Waals surface area contributed by atoms with E-state index in [4.69, 9.17) is 29.4 Å². The van der Waals surface area contributed by atoms with Crippen LogP contribution in [-0.2, 0) is 42.9 Å². The van der Waals surface area contributed by atoms with Crippen molar-refractivity contribution in [2.75, 3.05) is 5.73 Å². The summed E-state index contributed by atoms with van der Waals surface area (Å²) in [4.78, 5) is 52.9. The number of fused-ring (bicyclic) bond motifs is 3. The monoisotopic (exact) mass is 727 g/mol. The maximum Gasteiger partial charge on any atom is 0.334 e. The van der Waals surface area contributed by atoms with Gasteiger partial charge in [-0.15, -0.1) is 0 Å². The fourth-order valence-electron chi connectivity index (χ4n) is 7.55. The minimum Gasteiger partial charge on any atom is -0.459 e. The number of esters is 4. The molecule has 1 saturated carbocycles. The van der Waals surface area contributed by atoms with Crippen LogP contribution in [0, 0.1) is 5.92 Å². The number of hydrogen-bond acceptors (Lipinski definition) is 13. The molecule has 0 bridgehead atoms. The van der Waals surface area contributed by atoms with E-state index in [1.165, 1.54) is 19.9 Å². The summed E-state index contributed by atoms with van der Waals surface area (Å²) < 4.78 is 29.9. The summed E-state index contributed by atoms with van der Waals surface area (Å²) in [6, 6.07) is 6.67. The van der Waals surface area contributed by atoms with E-state index in [0.29, 0.717) is 17.7 Å². The zero-order chi connectivity index (χ0) is 38.6. The lowest BCUT2D eigenvalue weighted by atomic mass is 9.75. The Morgan fingerprint density at radius 1 is 1.00 bits per heavy atom. The fourth-order valence-corrected chi connectivity index (χ4v) is 7.55. The SMILES string of the molecule is C/C=C(/C)C(=O)O[C@H]1C(C)=C2[C@H]([C@@H]1OC(=O)CCCCCCC)[C@@](C)(OC(C)=O)C[C@H](OC(=O)/C=C/c1ccc(N)cc1)[C@@]1(O)[C@H]2O[C@H](O)[C@@]1(C)O. The highest BCUT2D eigenvalue weighted by Gasteiger charge is 2.75. The van der Waals surface area contributed by atoms with Crippen LogP contribution in [0.1, 0.15) is 99.0 Å². The molecule has 0 radical (unpaired) electrons. The molecule has 13 nitrogen and oxygen atoms in total. The van der Waals surface area contributed by atoms with Crippen molar-refractivity contribution >= 4 is 35.6 Å². The number of aliphatic hydroxyl groups is 3. The first-order chi connectivity index (χ1) is 24.4. The van der Waals surface area contributed by atoms with Gasteiger partial charge in [0.25, 0.3) is 0 Å². The number of benzene rings is 1. The zero-order valence-electron chi connectivity index (χ0n) is 31.0. The molecule has 52 heavy (non-hydrogen) atoms. The molecular formula is C39H53NO12. The van der Waals surface area contributed by atoms with Gasteiger partial charge in [-0.25, -0.2) is 9.59 Å². The summed E-state index contributed by atoms with van der Waals surface area (Å²) >= 11 is 0. The van der Waals surface area contributed by atoms with Gasteiger partial charge in [0.1, 0.15) is 23.4 Å². The second-order valence-electron chi connectivity index (χ2n) is 14.4. The Bertz CT molecular complexity index is 1600. The van der Waals surface area contributed by atoms with Crippen LogP contribution in [0.4, 0.5) is 5.69 Å². The second kappa shape index (κ2) is 16.3. The number of carbonyl (C=O) groups is 4. The fraction of sp³-hybridized carbons (Fsp3) is 0.590. The van der Waals surface area contributed by atoms with E-state index in [-0.39, 0.29) is 23.1 Å². The lowest BCUT2D eigenvalue weighted by Crippen LogP contribution is -2.65. The van der Waals surface area contributed by atoms with Gasteiger partial charge in [0, 0.05) is 37.1 Å². The molecule has 13 heteroatoms. The van der Waals surface area contributed by atoms with Gasteiger partial charge in [-0.1, -0.05) is 50.8 Å². The average molecular weight is 728 g/mol. The van der Waals surface area contributed by atoms with Crippen LogP contribution in [0.3, 0.4) is 0 Å². The first kappa shape index (κ1) is 40.7. The van der Waals surface area contributed by atoms with Crippen molar-refractivity contribution in [2.45, 2.75) is 141 Å². The molecule has 3 aliphatic rings. The van der Waals surface area contributed by atoms with Gasteiger partial charge in [0.15, 0.2) is 24.1 Å².